The zero-order chi connectivity index (χ0) is 26.3. The van der Waals surface area contributed by atoms with Gasteiger partial charge in [-0.25, -0.2) is 4.39 Å². The first kappa shape index (κ1) is 25.1. The Morgan fingerprint density at radius 3 is 2.59 bits per heavy atom. The molecule has 2 aromatic carbocycles. The SMILES string of the molecule is Cc1cc(C(C(=O)N2C[C@H](O)C[C@H]2C2=NNC(C)(c3ccc(-c4ccccc4F)cc3)C2)C(C)C)on1. The Hall–Kier alpha value is -3.52. The second-order valence-corrected chi connectivity index (χ2v) is 10.8. The molecule has 3 heterocycles. The van der Waals surface area contributed by atoms with Crippen LogP contribution in [0.4, 0.5) is 4.39 Å². The van der Waals surface area contributed by atoms with E-state index in [1.807, 2.05) is 51.1 Å². The monoisotopic (exact) mass is 504 g/mol. The average molecular weight is 505 g/mol. The van der Waals surface area contributed by atoms with Crippen molar-refractivity contribution in [1.29, 1.82) is 0 Å². The number of hydrazone groups is 1. The van der Waals surface area contributed by atoms with Gasteiger partial charge >= 0.3 is 0 Å². The molecule has 0 radical (unpaired) electrons. The smallest absolute Gasteiger partial charge is 0.234 e. The minimum absolute atomic E-state index is 0.000108. The summed E-state index contributed by atoms with van der Waals surface area (Å²) in [6.07, 6.45) is 0.406. The lowest BCUT2D eigenvalue weighted by Crippen LogP contribution is -2.44. The van der Waals surface area contributed by atoms with Crippen molar-refractivity contribution in [2.24, 2.45) is 11.0 Å². The normalized spacial score (nSPS) is 24.3. The number of aromatic nitrogens is 1. The van der Waals surface area contributed by atoms with Crippen molar-refractivity contribution < 1.29 is 18.8 Å². The summed E-state index contributed by atoms with van der Waals surface area (Å²) in [4.78, 5) is 15.5. The standard InChI is InChI=1S/C29H33FN4O3/c1-17(2)27(26-13-18(3)32-37-26)28(36)34-16-21(35)14-25(34)24-15-29(4,33-31-24)20-11-9-19(10-12-20)22-7-5-6-8-23(22)30/h5-13,17,21,25,27,33,35H,14-16H2,1-4H3/t21-,25+,27?,29?/m1/s1. The summed E-state index contributed by atoms with van der Waals surface area (Å²) >= 11 is 0. The van der Waals surface area contributed by atoms with Gasteiger partial charge in [0.05, 0.1) is 29.1 Å². The maximum Gasteiger partial charge on any atom is 0.234 e. The Balaban J connectivity index is 1.35. The second-order valence-electron chi connectivity index (χ2n) is 10.8. The first-order valence-corrected chi connectivity index (χ1v) is 12.8. The molecule has 194 valence electrons. The van der Waals surface area contributed by atoms with Crippen LogP contribution in [0.5, 0.6) is 0 Å². The van der Waals surface area contributed by atoms with Crippen LogP contribution in [0, 0.1) is 18.7 Å². The lowest BCUT2D eigenvalue weighted by atomic mass is 9.85. The Morgan fingerprint density at radius 2 is 1.95 bits per heavy atom. The molecule has 0 spiro atoms. The molecule has 2 aliphatic heterocycles. The number of nitrogens with one attached hydrogen (secondary N) is 1. The van der Waals surface area contributed by atoms with Gasteiger partial charge in [-0.2, -0.15) is 5.10 Å². The van der Waals surface area contributed by atoms with Crippen LogP contribution in [-0.4, -0.2) is 45.5 Å². The van der Waals surface area contributed by atoms with Crippen molar-refractivity contribution in [3.63, 3.8) is 0 Å². The van der Waals surface area contributed by atoms with Gasteiger partial charge in [0.15, 0.2) is 0 Å². The number of carbonyl (C=O) groups is 1. The third kappa shape index (κ3) is 4.78. The molecule has 1 amide bonds. The number of β-amino-alcohol motifs (C(OH)–C–C–N with tert-alkyl or cyclic N) is 1. The first-order chi connectivity index (χ1) is 17.7. The highest BCUT2D eigenvalue weighted by molar-refractivity contribution is 5.96. The molecule has 0 aliphatic carbocycles. The van der Waals surface area contributed by atoms with Gasteiger partial charge in [-0.05, 0) is 37.0 Å². The third-order valence-corrected chi connectivity index (χ3v) is 7.52. The molecule has 0 bridgehead atoms. The van der Waals surface area contributed by atoms with Gasteiger partial charge in [-0.3, -0.25) is 10.2 Å². The first-order valence-electron chi connectivity index (χ1n) is 12.8. The van der Waals surface area contributed by atoms with E-state index in [-0.39, 0.29) is 30.2 Å². The van der Waals surface area contributed by atoms with E-state index in [1.165, 1.54) is 6.07 Å². The zero-order valence-electron chi connectivity index (χ0n) is 21.6. The number of carbonyl (C=O) groups excluding carboxylic acids is 1. The summed E-state index contributed by atoms with van der Waals surface area (Å²) in [6, 6.07) is 16.0. The van der Waals surface area contributed by atoms with Crippen LogP contribution in [0.15, 0.2) is 64.2 Å². The summed E-state index contributed by atoms with van der Waals surface area (Å²) in [5.74, 6) is -0.278. The molecule has 2 unspecified atom stereocenters. The van der Waals surface area contributed by atoms with Crippen LogP contribution in [0.1, 0.15) is 56.5 Å². The summed E-state index contributed by atoms with van der Waals surface area (Å²) in [7, 11) is 0. The van der Waals surface area contributed by atoms with Crippen molar-refractivity contribution in [1.82, 2.24) is 15.5 Å². The number of halogens is 1. The molecule has 5 rings (SSSR count). The van der Waals surface area contributed by atoms with Gasteiger partial charge in [-0.1, -0.05) is 61.5 Å². The molecule has 1 aromatic heterocycles. The fraction of sp³-hybridized carbons (Fsp3) is 0.414. The van der Waals surface area contributed by atoms with Crippen LogP contribution in [0.3, 0.4) is 0 Å². The highest BCUT2D eigenvalue weighted by Crippen LogP contribution is 2.36. The van der Waals surface area contributed by atoms with Crippen molar-refractivity contribution in [3.8, 4) is 11.1 Å². The van der Waals surface area contributed by atoms with E-state index in [0.29, 0.717) is 24.2 Å². The third-order valence-electron chi connectivity index (χ3n) is 7.52. The van der Waals surface area contributed by atoms with Crippen molar-refractivity contribution in [2.75, 3.05) is 6.54 Å². The van der Waals surface area contributed by atoms with E-state index in [2.05, 4.69) is 22.6 Å². The van der Waals surface area contributed by atoms with Gasteiger partial charge in [0, 0.05) is 31.0 Å². The summed E-state index contributed by atoms with van der Waals surface area (Å²) in [5.41, 5.74) is 6.74. The lowest BCUT2D eigenvalue weighted by molar-refractivity contribution is -0.134. The van der Waals surface area contributed by atoms with E-state index in [9.17, 15) is 14.3 Å². The van der Waals surface area contributed by atoms with E-state index in [1.54, 1.807) is 23.1 Å². The number of aliphatic hydroxyl groups excluding tert-OH is 1. The van der Waals surface area contributed by atoms with E-state index in [0.717, 1.165) is 22.5 Å². The molecule has 7 nitrogen and oxygen atoms in total. The number of aliphatic hydroxyl groups is 1. The fourth-order valence-electron chi connectivity index (χ4n) is 5.53. The summed E-state index contributed by atoms with van der Waals surface area (Å²) in [6.45, 7) is 8.12. The maximum absolute atomic E-state index is 14.2. The topological polar surface area (TPSA) is 91.0 Å². The van der Waals surface area contributed by atoms with Crippen molar-refractivity contribution in [3.05, 3.63) is 77.4 Å². The van der Waals surface area contributed by atoms with Crippen LogP contribution in [-0.2, 0) is 10.3 Å². The minimum atomic E-state index is -0.618. The fourth-order valence-corrected chi connectivity index (χ4v) is 5.53. The van der Waals surface area contributed by atoms with Gasteiger partial charge < -0.3 is 14.5 Å². The molecule has 2 aliphatic rings. The molecule has 1 fully saturated rings. The molecule has 2 N–H and O–H groups in total. The van der Waals surface area contributed by atoms with E-state index >= 15 is 0 Å². The molecular weight excluding hydrogens is 471 g/mol. The Labute approximate surface area is 216 Å². The number of amides is 1. The Kier molecular flexibility index (Phi) is 6.62. The highest BCUT2D eigenvalue weighted by Gasteiger charge is 2.45. The zero-order valence-corrected chi connectivity index (χ0v) is 21.6. The number of aryl methyl sites for hydroxylation is 1. The number of nitrogens with zero attached hydrogens (tertiary/aromatic N) is 3. The van der Waals surface area contributed by atoms with Crippen LogP contribution >= 0.6 is 0 Å². The molecule has 3 aromatic rings. The van der Waals surface area contributed by atoms with Crippen molar-refractivity contribution in [2.45, 2.75) is 64.1 Å². The second kappa shape index (κ2) is 9.74. The minimum Gasteiger partial charge on any atom is -0.391 e. The molecule has 37 heavy (non-hydrogen) atoms. The van der Waals surface area contributed by atoms with E-state index < -0.39 is 17.6 Å². The quantitative estimate of drug-likeness (QED) is 0.505. The average Bonchev–Trinajstić information content (AvgIpc) is 3.58. The number of benzene rings is 2. The number of hydrogen-bond donors (Lipinski definition) is 2. The largest absolute Gasteiger partial charge is 0.391 e. The van der Waals surface area contributed by atoms with Gasteiger partial charge in [0.1, 0.15) is 17.5 Å². The van der Waals surface area contributed by atoms with Crippen LogP contribution in [0.25, 0.3) is 11.1 Å². The lowest BCUT2D eigenvalue weighted by Gasteiger charge is -2.30. The summed E-state index contributed by atoms with van der Waals surface area (Å²) in [5, 5.41) is 19.2. The number of likely N-dealkylation sites (tertiary alicyclic amines) is 1. The highest BCUT2D eigenvalue weighted by atomic mass is 19.1. The van der Waals surface area contributed by atoms with Crippen molar-refractivity contribution >= 4 is 11.6 Å². The molecule has 8 heteroatoms. The maximum atomic E-state index is 14.2. The molecule has 1 saturated heterocycles. The van der Waals surface area contributed by atoms with Gasteiger partial charge in [0.25, 0.3) is 0 Å². The number of hydrogen-bond acceptors (Lipinski definition) is 6. The number of rotatable bonds is 6. The van der Waals surface area contributed by atoms with Gasteiger partial charge in [0.2, 0.25) is 5.91 Å². The van der Waals surface area contributed by atoms with Gasteiger partial charge in [-0.15, -0.1) is 0 Å². The molecular formula is C29H33FN4O3. The van der Waals surface area contributed by atoms with Crippen LogP contribution < -0.4 is 5.43 Å². The molecule has 0 saturated carbocycles. The van der Waals surface area contributed by atoms with Crippen LogP contribution in [0.2, 0.25) is 0 Å². The Bertz CT molecular complexity index is 1320. The molecule has 4 atom stereocenters. The van der Waals surface area contributed by atoms with E-state index in [4.69, 9.17) is 4.52 Å². The summed E-state index contributed by atoms with van der Waals surface area (Å²) < 4.78 is 19.7. The Morgan fingerprint density at radius 1 is 1.22 bits per heavy atom. The predicted molar refractivity (Wildman–Crippen MR) is 139 cm³/mol. The predicted octanol–water partition coefficient (Wildman–Crippen LogP) is 4.76.